The minimum atomic E-state index is -0.253. The van der Waals surface area contributed by atoms with Crippen LogP contribution < -0.4 is 4.90 Å². The second kappa shape index (κ2) is 5.89. The van der Waals surface area contributed by atoms with E-state index in [0.29, 0.717) is 6.54 Å². The Morgan fingerprint density at radius 2 is 1.95 bits per heavy atom. The molecule has 5 heteroatoms. The van der Waals surface area contributed by atoms with Crippen LogP contribution in [0.4, 0.5) is 10.5 Å². The molecule has 2 fully saturated rings. The molecule has 22 heavy (non-hydrogen) atoms. The smallest absolute Gasteiger partial charge is 0.414 e. The van der Waals surface area contributed by atoms with Gasteiger partial charge in [0, 0.05) is 25.3 Å². The Bertz CT molecular complexity index is 532. The summed E-state index contributed by atoms with van der Waals surface area (Å²) in [6.07, 6.45) is -0.142. The van der Waals surface area contributed by atoms with Gasteiger partial charge in [0.15, 0.2) is 0 Å². The maximum absolute atomic E-state index is 12.1. The molecule has 0 radical (unpaired) electrons. The van der Waals surface area contributed by atoms with Crippen LogP contribution in [-0.2, 0) is 9.47 Å². The van der Waals surface area contributed by atoms with Gasteiger partial charge in [-0.05, 0) is 32.9 Å². The lowest BCUT2D eigenvalue weighted by molar-refractivity contribution is -0.132. The minimum absolute atomic E-state index is 0.0891. The molecule has 2 aliphatic heterocycles. The van der Waals surface area contributed by atoms with Crippen molar-refractivity contribution in [2.24, 2.45) is 0 Å². The summed E-state index contributed by atoms with van der Waals surface area (Å²) in [5.74, 6) is 0. The maximum Gasteiger partial charge on any atom is 0.414 e. The Balaban J connectivity index is 1.62. The molecule has 0 saturated carbocycles. The Hall–Kier alpha value is -1.59. The standard InChI is InChI=1S/C17H24N2O3/c1-13-9-18(12-17(2,3)22-13)10-15-11-19(16(20)21-15)14-7-5-4-6-8-14/h4-8,13,15H,9-12H2,1-3H3/t13-,15-/m1/s1. The highest BCUT2D eigenvalue weighted by Gasteiger charge is 2.37. The molecule has 120 valence electrons. The van der Waals surface area contributed by atoms with E-state index in [0.717, 1.165) is 25.3 Å². The fraction of sp³-hybridized carbons (Fsp3) is 0.588. The van der Waals surface area contributed by atoms with Crippen LogP contribution in [-0.4, -0.2) is 55.0 Å². The molecule has 2 aliphatic rings. The van der Waals surface area contributed by atoms with Gasteiger partial charge >= 0.3 is 6.09 Å². The summed E-state index contributed by atoms with van der Waals surface area (Å²) in [4.78, 5) is 16.1. The van der Waals surface area contributed by atoms with Crippen molar-refractivity contribution >= 4 is 11.8 Å². The monoisotopic (exact) mass is 304 g/mol. The summed E-state index contributed by atoms with van der Waals surface area (Å²) < 4.78 is 11.5. The highest BCUT2D eigenvalue weighted by molar-refractivity contribution is 5.89. The zero-order valence-electron chi connectivity index (χ0n) is 13.5. The number of rotatable bonds is 3. The third kappa shape index (κ3) is 3.42. The van der Waals surface area contributed by atoms with Crippen LogP contribution in [0.3, 0.4) is 0 Å². The number of nitrogens with zero attached hydrogens (tertiary/aromatic N) is 2. The molecule has 2 atom stereocenters. The topological polar surface area (TPSA) is 42.0 Å². The first-order valence-corrected chi connectivity index (χ1v) is 7.86. The Morgan fingerprint density at radius 3 is 2.64 bits per heavy atom. The molecule has 5 nitrogen and oxygen atoms in total. The van der Waals surface area contributed by atoms with Gasteiger partial charge in [-0.15, -0.1) is 0 Å². The predicted molar refractivity (Wildman–Crippen MR) is 85.1 cm³/mol. The van der Waals surface area contributed by atoms with Crippen molar-refractivity contribution in [1.29, 1.82) is 0 Å². The van der Waals surface area contributed by atoms with Gasteiger partial charge in [0.05, 0.1) is 18.2 Å². The lowest BCUT2D eigenvalue weighted by Crippen LogP contribution is -2.53. The lowest BCUT2D eigenvalue weighted by Gasteiger charge is -2.42. The summed E-state index contributed by atoms with van der Waals surface area (Å²) in [5, 5.41) is 0. The molecule has 3 rings (SSSR count). The Labute approximate surface area is 131 Å². The molecule has 1 aromatic carbocycles. The van der Waals surface area contributed by atoms with Crippen molar-refractivity contribution in [3.63, 3.8) is 0 Å². The molecule has 0 bridgehead atoms. The third-order valence-electron chi connectivity index (χ3n) is 4.04. The van der Waals surface area contributed by atoms with E-state index in [1.54, 1.807) is 4.90 Å². The van der Waals surface area contributed by atoms with Crippen molar-refractivity contribution in [3.8, 4) is 0 Å². The first kappa shape index (κ1) is 15.3. The number of benzene rings is 1. The fourth-order valence-electron chi connectivity index (χ4n) is 3.45. The number of carbonyl (C=O) groups excluding carboxylic acids is 1. The minimum Gasteiger partial charge on any atom is -0.443 e. The van der Waals surface area contributed by atoms with E-state index in [9.17, 15) is 4.79 Å². The van der Waals surface area contributed by atoms with Crippen LogP contribution in [0.25, 0.3) is 0 Å². The van der Waals surface area contributed by atoms with Gasteiger partial charge in [0.25, 0.3) is 0 Å². The van der Waals surface area contributed by atoms with Crippen molar-refractivity contribution < 1.29 is 14.3 Å². The van der Waals surface area contributed by atoms with Crippen molar-refractivity contribution in [3.05, 3.63) is 30.3 Å². The number of amides is 1. The number of morpholine rings is 1. The van der Waals surface area contributed by atoms with Crippen LogP contribution in [0, 0.1) is 0 Å². The van der Waals surface area contributed by atoms with Crippen LogP contribution in [0.15, 0.2) is 30.3 Å². The van der Waals surface area contributed by atoms with Crippen molar-refractivity contribution in [1.82, 2.24) is 4.90 Å². The van der Waals surface area contributed by atoms with E-state index in [1.165, 1.54) is 0 Å². The van der Waals surface area contributed by atoms with Gasteiger partial charge in [-0.2, -0.15) is 0 Å². The van der Waals surface area contributed by atoms with E-state index in [4.69, 9.17) is 9.47 Å². The van der Waals surface area contributed by atoms with Gasteiger partial charge in [-0.3, -0.25) is 9.80 Å². The number of hydrogen-bond acceptors (Lipinski definition) is 4. The number of para-hydroxylation sites is 1. The highest BCUT2D eigenvalue weighted by Crippen LogP contribution is 2.24. The number of anilines is 1. The van der Waals surface area contributed by atoms with E-state index in [2.05, 4.69) is 25.7 Å². The van der Waals surface area contributed by atoms with E-state index >= 15 is 0 Å². The molecule has 0 aromatic heterocycles. The average Bonchev–Trinajstić information content (AvgIpc) is 2.78. The summed E-state index contributed by atoms with van der Waals surface area (Å²) in [7, 11) is 0. The maximum atomic E-state index is 12.1. The summed E-state index contributed by atoms with van der Waals surface area (Å²) >= 11 is 0. The SMILES string of the molecule is C[C@@H]1CN(C[C@@H]2CN(c3ccccc3)C(=O)O2)CC(C)(C)O1. The lowest BCUT2D eigenvalue weighted by atomic mass is 10.1. The van der Waals surface area contributed by atoms with Crippen LogP contribution in [0.1, 0.15) is 20.8 Å². The van der Waals surface area contributed by atoms with Crippen molar-refractivity contribution in [2.45, 2.75) is 38.6 Å². The van der Waals surface area contributed by atoms with Crippen LogP contribution in [0.5, 0.6) is 0 Å². The number of carbonyl (C=O) groups is 1. The van der Waals surface area contributed by atoms with Gasteiger partial charge < -0.3 is 9.47 Å². The van der Waals surface area contributed by atoms with Crippen LogP contribution >= 0.6 is 0 Å². The molecule has 2 saturated heterocycles. The molecule has 0 unspecified atom stereocenters. The van der Waals surface area contributed by atoms with Gasteiger partial charge in [0.1, 0.15) is 6.10 Å². The quantitative estimate of drug-likeness (QED) is 0.860. The summed E-state index contributed by atoms with van der Waals surface area (Å²) in [6, 6.07) is 9.68. The Morgan fingerprint density at radius 1 is 1.23 bits per heavy atom. The second-order valence-electron chi connectivity index (χ2n) is 6.83. The summed E-state index contributed by atoms with van der Waals surface area (Å²) in [6.45, 7) is 9.39. The molecule has 0 aliphatic carbocycles. The van der Waals surface area contributed by atoms with Crippen molar-refractivity contribution in [2.75, 3.05) is 31.1 Å². The molecule has 0 N–H and O–H groups in total. The summed E-state index contributed by atoms with van der Waals surface area (Å²) in [5.41, 5.74) is 0.741. The Kier molecular flexibility index (Phi) is 4.10. The number of hydrogen-bond donors (Lipinski definition) is 0. The van der Waals surface area contributed by atoms with Gasteiger partial charge in [-0.1, -0.05) is 18.2 Å². The molecular weight excluding hydrogens is 280 g/mol. The van der Waals surface area contributed by atoms with E-state index < -0.39 is 0 Å². The van der Waals surface area contributed by atoms with Gasteiger partial charge in [0.2, 0.25) is 0 Å². The molecule has 2 heterocycles. The van der Waals surface area contributed by atoms with E-state index in [-0.39, 0.29) is 23.9 Å². The second-order valence-corrected chi connectivity index (χ2v) is 6.83. The fourth-order valence-corrected chi connectivity index (χ4v) is 3.45. The first-order chi connectivity index (χ1) is 10.4. The molecule has 1 amide bonds. The first-order valence-electron chi connectivity index (χ1n) is 7.86. The normalized spacial score (nSPS) is 28.7. The van der Waals surface area contributed by atoms with E-state index in [1.807, 2.05) is 30.3 Å². The zero-order chi connectivity index (χ0) is 15.7. The highest BCUT2D eigenvalue weighted by atomic mass is 16.6. The number of cyclic esters (lactones) is 1. The average molecular weight is 304 g/mol. The number of ether oxygens (including phenoxy) is 2. The van der Waals surface area contributed by atoms with Gasteiger partial charge in [-0.25, -0.2) is 4.79 Å². The predicted octanol–water partition coefficient (Wildman–Crippen LogP) is 2.51. The van der Waals surface area contributed by atoms with Crippen LogP contribution in [0.2, 0.25) is 0 Å². The third-order valence-corrected chi connectivity index (χ3v) is 4.04. The largest absolute Gasteiger partial charge is 0.443 e. The molecule has 1 aromatic rings. The molecule has 0 spiro atoms. The zero-order valence-corrected chi connectivity index (χ0v) is 13.5. The molecular formula is C17H24N2O3.